The van der Waals surface area contributed by atoms with Gasteiger partial charge in [-0.3, -0.25) is 4.90 Å². The lowest BCUT2D eigenvalue weighted by molar-refractivity contribution is -0.161. The molecule has 0 aromatic rings. The molecule has 0 bridgehead atoms. The first kappa shape index (κ1) is 23.0. The highest BCUT2D eigenvalue weighted by atomic mass is 19.3. The van der Waals surface area contributed by atoms with E-state index in [0.717, 1.165) is 38.8 Å². The molecule has 6 heteroatoms. The summed E-state index contributed by atoms with van der Waals surface area (Å²) in [5.74, 6) is -2.83. The van der Waals surface area contributed by atoms with Crippen LogP contribution in [0.3, 0.4) is 0 Å². The number of rotatable bonds is 8. The van der Waals surface area contributed by atoms with Crippen LogP contribution in [0.15, 0.2) is 0 Å². The Hall–Kier alpha value is -0.300. The van der Waals surface area contributed by atoms with Crippen LogP contribution in [0, 0.1) is 0 Å². The highest BCUT2D eigenvalue weighted by molar-refractivity contribution is 4.84. The van der Waals surface area contributed by atoms with Gasteiger partial charge >= 0.3 is 0 Å². The van der Waals surface area contributed by atoms with Crippen molar-refractivity contribution in [2.24, 2.45) is 0 Å². The Morgan fingerprint density at radius 2 is 1.44 bits per heavy atom. The molecule has 1 heterocycles. The molecule has 0 N–H and O–H groups in total. The van der Waals surface area contributed by atoms with Crippen LogP contribution >= 0.6 is 0 Å². The third-order valence-corrected chi connectivity index (χ3v) is 5.31. The Morgan fingerprint density at radius 3 is 1.96 bits per heavy atom. The summed E-state index contributed by atoms with van der Waals surface area (Å²) in [6.45, 7) is 14.0. The Bertz CT molecular complexity index is 445. The van der Waals surface area contributed by atoms with Crippen molar-refractivity contribution >= 4 is 0 Å². The van der Waals surface area contributed by atoms with Crippen molar-refractivity contribution in [3.05, 3.63) is 0 Å². The molecule has 2 aliphatic rings. The molecule has 0 aromatic carbocycles. The Balaban J connectivity index is 1.56. The number of piperidine rings is 1. The molecule has 2 rings (SSSR count). The summed E-state index contributed by atoms with van der Waals surface area (Å²) in [7, 11) is 0. The molecule has 0 spiro atoms. The minimum atomic E-state index is -2.83. The van der Waals surface area contributed by atoms with Crippen molar-refractivity contribution < 1.29 is 23.0 Å². The van der Waals surface area contributed by atoms with Crippen LogP contribution in [0.1, 0.15) is 73.6 Å². The predicted octanol–water partition coefficient (Wildman–Crippen LogP) is 4.65. The summed E-state index contributed by atoms with van der Waals surface area (Å²) in [6, 6.07) is 0. The van der Waals surface area contributed by atoms with Gasteiger partial charge in [0.2, 0.25) is 0 Å². The summed E-state index contributed by atoms with van der Waals surface area (Å²) in [5, 5.41) is 0. The van der Waals surface area contributed by atoms with Crippen molar-refractivity contribution in [3.63, 3.8) is 0 Å². The minimum absolute atomic E-state index is 0.0517. The van der Waals surface area contributed by atoms with Crippen LogP contribution < -0.4 is 0 Å². The molecule has 160 valence electrons. The van der Waals surface area contributed by atoms with Gasteiger partial charge in [0, 0.05) is 25.0 Å². The van der Waals surface area contributed by atoms with Gasteiger partial charge in [-0.25, -0.2) is 8.78 Å². The van der Waals surface area contributed by atoms with Crippen molar-refractivity contribution in [2.45, 2.75) is 109 Å². The largest absolute Gasteiger partial charge is 0.378 e. The Kier molecular flexibility index (Phi) is 7.68. The lowest BCUT2D eigenvalue weighted by Crippen LogP contribution is -2.48. The fourth-order valence-corrected chi connectivity index (χ4v) is 3.63. The number of alkyl halides is 2. The molecule has 0 amide bonds. The molecule has 2 fully saturated rings. The van der Waals surface area contributed by atoms with E-state index < -0.39 is 12.5 Å². The monoisotopic (exact) mass is 391 g/mol. The number of ether oxygens (including phenoxy) is 3. The smallest absolute Gasteiger partial charge is 0.273 e. The first-order valence-electron chi connectivity index (χ1n) is 10.4. The zero-order valence-electron chi connectivity index (χ0n) is 18.0. The van der Waals surface area contributed by atoms with Gasteiger partial charge in [-0.1, -0.05) is 0 Å². The highest BCUT2D eigenvalue weighted by Crippen LogP contribution is 2.31. The predicted molar refractivity (Wildman–Crippen MR) is 103 cm³/mol. The fourth-order valence-electron chi connectivity index (χ4n) is 3.63. The third kappa shape index (κ3) is 8.30. The number of hydrogen-bond donors (Lipinski definition) is 0. The van der Waals surface area contributed by atoms with Crippen LogP contribution in [0.5, 0.6) is 0 Å². The lowest BCUT2D eigenvalue weighted by atomic mass is 9.91. The fraction of sp³-hybridized carbons (Fsp3) is 1.00. The number of likely N-dealkylation sites (tertiary alicyclic amines) is 1. The maximum absolute atomic E-state index is 14.1. The molecular weight excluding hydrogens is 352 g/mol. The highest BCUT2D eigenvalue weighted by Gasteiger charge is 2.36. The zero-order chi connectivity index (χ0) is 20.3. The molecule has 0 aromatic heterocycles. The number of nitrogens with zero attached hydrogens (tertiary/aromatic N) is 1. The molecule has 1 saturated carbocycles. The molecule has 0 radical (unpaired) electrons. The molecule has 1 aliphatic carbocycles. The van der Waals surface area contributed by atoms with Crippen molar-refractivity contribution in [1.29, 1.82) is 0 Å². The summed E-state index contributed by atoms with van der Waals surface area (Å²) < 4.78 is 45.1. The van der Waals surface area contributed by atoms with Crippen LogP contribution in [-0.4, -0.2) is 66.6 Å². The van der Waals surface area contributed by atoms with E-state index in [1.54, 1.807) is 0 Å². The van der Waals surface area contributed by atoms with E-state index in [2.05, 4.69) is 25.7 Å². The SMILES string of the molecule is CC(C)(C)OC1CC(OCCC(F)(F)COC2CCN(C(C)(C)C)CC2)C1. The summed E-state index contributed by atoms with van der Waals surface area (Å²) in [6.07, 6.45) is 3.14. The standard InChI is InChI=1S/C21H39F2NO3/c1-19(2,3)24-10-7-16(8-11-24)26-15-21(22,23)9-12-25-17-13-18(14-17)27-20(4,5)6/h16-18H,7-15H2,1-6H3. The van der Waals surface area contributed by atoms with E-state index in [-0.39, 0.29) is 42.5 Å². The second-order valence-electron chi connectivity index (χ2n) is 10.1. The average Bonchev–Trinajstić information content (AvgIpc) is 2.49. The van der Waals surface area contributed by atoms with Gasteiger partial charge in [0.15, 0.2) is 0 Å². The quantitative estimate of drug-likeness (QED) is 0.602. The van der Waals surface area contributed by atoms with Gasteiger partial charge in [-0.05, 0) is 67.2 Å². The van der Waals surface area contributed by atoms with Crippen LogP contribution in [0.2, 0.25) is 0 Å². The minimum Gasteiger partial charge on any atom is -0.378 e. The van der Waals surface area contributed by atoms with E-state index in [1.165, 1.54) is 0 Å². The maximum Gasteiger partial charge on any atom is 0.273 e. The number of hydrogen-bond acceptors (Lipinski definition) is 4. The van der Waals surface area contributed by atoms with Crippen molar-refractivity contribution in [2.75, 3.05) is 26.3 Å². The van der Waals surface area contributed by atoms with Gasteiger partial charge in [0.1, 0.15) is 6.61 Å². The van der Waals surface area contributed by atoms with Gasteiger partial charge in [0.25, 0.3) is 5.92 Å². The first-order chi connectivity index (χ1) is 12.3. The molecule has 4 nitrogen and oxygen atoms in total. The molecular formula is C21H39F2NO3. The van der Waals surface area contributed by atoms with Crippen LogP contribution in [-0.2, 0) is 14.2 Å². The summed E-state index contributed by atoms with van der Waals surface area (Å²) in [5.41, 5.74) is -0.0340. The molecule has 27 heavy (non-hydrogen) atoms. The van der Waals surface area contributed by atoms with Crippen molar-refractivity contribution in [1.82, 2.24) is 4.90 Å². The van der Waals surface area contributed by atoms with Gasteiger partial charge in [0.05, 0.1) is 30.5 Å². The van der Waals surface area contributed by atoms with E-state index >= 15 is 0 Å². The van der Waals surface area contributed by atoms with Gasteiger partial charge in [-0.15, -0.1) is 0 Å². The molecule has 0 atom stereocenters. The van der Waals surface area contributed by atoms with Crippen LogP contribution in [0.4, 0.5) is 8.78 Å². The normalized spacial score (nSPS) is 26.2. The number of halogens is 2. The lowest BCUT2D eigenvalue weighted by Gasteiger charge is -2.41. The van der Waals surface area contributed by atoms with E-state index in [9.17, 15) is 8.78 Å². The zero-order valence-corrected chi connectivity index (χ0v) is 18.0. The topological polar surface area (TPSA) is 30.9 Å². The molecule has 0 unspecified atom stereocenters. The first-order valence-corrected chi connectivity index (χ1v) is 10.4. The van der Waals surface area contributed by atoms with E-state index in [1.807, 2.05) is 20.8 Å². The van der Waals surface area contributed by atoms with Crippen LogP contribution in [0.25, 0.3) is 0 Å². The van der Waals surface area contributed by atoms with E-state index in [0.29, 0.717) is 0 Å². The average molecular weight is 392 g/mol. The molecule has 1 saturated heterocycles. The second kappa shape index (κ2) is 9.02. The van der Waals surface area contributed by atoms with E-state index in [4.69, 9.17) is 14.2 Å². The summed E-state index contributed by atoms with van der Waals surface area (Å²) in [4.78, 5) is 2.38. The maximum atomic E-state index is 14.1. The third-order valence-electron chi connectivity index (χ3n) is 5.31. The Morgan fingerprint density at radius 1 is 0.852 bits per heavy atom. The Labute approximate surface area is 163 Å². The van der Waals surface area contributed by atoms with Gasteiger partial charge in [-0.2, -0.15) is 0 Å². The van der Waals surface area contributed by atoms with Crippen molar-refractivity contribution in [3.8, 4) is 0 Å². The molecule has 1 aliphatic heterocycles. The van der Waals surface area contributed by atoms with Gasteiger partial charge < -0.3 is 14.2 Å². The summed E-state index contributed by atoms with van der Waals surface area (Å²) >= 11 is 0. The second-order valence-corrected chi connectivity index (χ2v) is 10.1.